The first kappa shape index (κ1) is 19.9. The van der Waals surface area contributed by atoms with Crippen LogP contribution in [0.1, 0.15) is 5.56 Å². The van der Waals surface area contributed by atoms with Crippen molar-refractivity contribution >= 4 is 17.7 Å². The van der Waals surface area contributed by atoms with Gasteiger partial charge in [0.1, 0.15) is 30.6 Å². The average molecular weight is 396 g/mol. The summed E-state index contributed by atoms with van der Waals surface area (Å²) in [5, 5.41) is 12.2. The topological polar surface area (TPSA) is 99.0 Å². The zero-order chi connectivity index (χ0) is 20.8. The first-order valence-corrected chi connectivity index (χ1v) is 8.72. The van der Waals surface area contributed by atoms with Gasteiger partial charge < -0.3 is 29.0 Å². The van der Waals surface area contributed by atoms with E-state index in [2.05, 4.69) is 5.32 Å². The molecule has 29 heavy (non-hydrogen) atoms. The average Bonchev–Trinajstić information content (AvgIpc) is 2.76. The van der Waals surface area contributed by atoms with E-state index in [0.29, 0.717) is 53.2 Å². The molecule has 0 fully saturated rings. The van der Waals surface area contributed by atoms with Gasteiger partial charge in [-0.25, -0.2) is 0 Å². The van der Waals surface area contributed by atoms with Gasteiger partial charge in [-0.2, -0.15) is 5.26 Å². The Kier molecular flexibility index (Phi) is 6.09. The molecule has 0 saturated carbocycles. The van der Waals surface area contributed by atoms with Crippen molar-refractivity contribution in [3.05, 3.63) is 41.5 Å². The summed E-state index contributed by atoms with van der Waals surface area (Å²) in [6, 6.07) is 10.2. The number of fused-ring (bicyclic) bond motifs is 1. The molecule has 1 aliphatic heterocycles. The van der Waals surface area contributed by atoms with Gasteiger partial charge in [0, 0.05) is 23.4 Å². The summed E-state index contributed by atoms with van der Waals surface area (Å²) in [6.07, 6.45) is 1.42. The van der Waals surface area contributed by atoms with Crippen LogP contribution in [0, 0.1) is 11.3 Å². The van der Waals surface area contributed by atoms with E-state index in [4.69, 9.17) is 23.7 Å². The van der Waals surface area contributed by atoms with Crippen LogP contribution in [0.2, 0.25) is 0 Å². The molecule has 1 amide bonds. The Morgan fingerprint density at radius 2 is 1.66 bits per heavy atom. The number of rotatable bonds is 6. The lowest BCUT2D eigenvalue weighted by Crippen LogP contribution is -2.17. The number of ether oxygens (including phenoxy) is 5. The number of carbonyl (C=O) groups excluding carboxylic acids is 1. The molecule has 2 aromatic rings. The molecule has 3 rings (SSSR count). The first-order valence-electron chi connectivity index (χ1n) is 8.72. The first-order chi connectivity index (χ1) is 14.1. The lowest BCUT2D eigenvalue weighted by atomic mass is 10.1. The van der Waals surface area contributed by atoms with E-state index >= 15 is 0 Å². The van der Waals surface area contributed by atoms with Crippen molar-refractivity contribution in [2.24, 2.45) is 0 Å². The molecular formula is C21H20N2O6. The molecule has 8 heteroatoms. The standard InChI is InChI=1S/C21H20N2O6/c1-25-17-11-19(27-3)18(26-2)9-13(17)8-14(12-22)21(24)23-15-4-5-16-20(10-15)29-7-6-28-16/h4-5,8-11H,6-7H2,1-3H3,(H,23,24)/b14-8+. The second kappa shape index (κ2) is 8.89. The summed E-state index contributed by atoms with van der Waals surface area (Å²) >= 11 is 0. The zero-order valence-corrected chi connectivity index (χ0v) is 16.3. The fourth-order valence-electron chi connectivity index (χ4n) is 2.79. The number of amides is 1. The number of anilines is 1. The van der Waals surface area contributed by atoms with Crippen molar-refractivity contribution in [1.29, 1.82) is 5.26 Å². The second-order valence-electron chi connectivity index (χ2n) is 5.93. The van der Waals surface area contributed by atoms with Crippen LogP contribution >= 0.6 is 0 Å². The normalized spacial score (nSPS) is 12.6. The predicted octanol–water partition coefficient (Wildman–Crippen LogP) is 3.03. The highest BCUT2D eigenvalue weighted by Crippen LogP contribution is 2.36. The summed E-state index contributed by atoms with van der Waals surface area (Å²) in [7, 11) is 4.49. The highest BCUT2D eigenvalue weighted by atomic mass is 16.6. The minimum atomic E-state index is -0.569. The minimum Gasteiger partial charge on any atom is -0.496 e. The number of methoxy groups -OCH3 is 3. The third-order valence-electron chi connectivity index (χ3n) is 4.20. The molecule has 0 aromatic heterocycles. The number of hydrogen-bond acceptors (Lipinski definition) is 7. The molecule has 2 aromatic carbocycles. The van der Waals surface area contributed by atoms with Crippen molar-refractivity contribution in [3.63, 3.8) is 0 Å². The predicted molar refractivity (Wildman–Crippen MR) is 106 cm³/mol. The van der Waals surface area contributed by atoms with E-state index in [1.807, 2.05) is 6.07 Å². The summed E-state index contributed by atoms with van der Waals surface area (Å²) < 4.78 is 26.8. The lowest BCUT2D eigenvalue weighted by Gasteiger charge is -2.19. The Morgan fingerprint density at radius 3 is 2.31 bits per heavy atom. The molecule has 0 bridgehead atoms. The summed E-state index contributed by atoms with van der Waals surface area (Å²) in [6.45, 7) is 0.917. The maximum atomic E-state index is 12.6. The smallest absolute Gasteiger partial charge is 0.266 e. The molecule has 1 aliphatic rings. The Bertz CT molecular complexity index is 993. The summed E-state index contributed by atoms with van der Waals surface area (Å²) in [4.78, 5) is 12.6. The van der Waals surface area contributed by atoms with Gasteiger partial charge in [-0.1, -0.05) is 0 Å². The Morgan fingerprint density at radius 1 is 1.00 bits per heavy atom. The van der Waals surface area contributed by atoms with Gasteiger partial charge in [-0.15, -0.1) is 0 Å². The van der Waals surface area contributed by atoms with Crippen LogP contribution < -0.4 is 29.0 Å². The number of benzene rings is 2. The van der Waals surface area contributed by atoms with Gasteiger partial charge in [0.05, 0.1) is 21.3 Å². The molecule has 0 saturated heterocycles. The van der Waals surface area contributed by atoms with Crippen molar-refractivity contribution in [1.82, 2.24) is 0 Å². The van der Waals surface area contributed by atoms with E-state index in [9.17, 15) is 10.1 Å². The maximum Gasteiger partial charge on any atom is 0.266 e. The molecule has 8 nitrogen and oxygen atoms in total. The van der Waals surface area contributed by atoms with E-state index < -0.39 is 5.91 Å². The van der Waals surface area contributed by atoms with Gasteiger partial charge in [0.25, 0.3) is 5.91 Å². The van der Waals surface area contributed by atoms with Crippen molar-refractivity contribution in [3.8, 4) is 34.8 Å². The van der Waals surface area contributed by atoms with Gasteiger partial charge in [0.15, 0.2) is 23.0 Å². The van der Waals surface area contributed by atoms with E-state index in [1.165, 1.54) is 27.4 Å². The lowest BCUT2D eigenvalue weighted by molar-refractivity contribution is -0.112. The Balaban J connectivity index is 1.88. The monoisotopic (exact) mass is 396 g/mol. The number of nitrogens with zero attached hydrogens (tertiary/aromatic N) is 1. The second-order valence-corrected chi connectivity index (χ2v) is 5.93. The van der Waals surface area contributed by atoms with Crippen LogP contribution in [-0.4, -0.2) is 40.5 Å². The molecule has 1 N–H and O–H groups in total. The SMILES string of the molecule is COc1cc(OC)c(OC)cc1/C=C(\C#N)C(=O)Nc1ccc2c(c1)OCCO2. The van der Waals surface area contributed by atoms with Gasteiger partial charge >= 0.3 is 0 Å². The Labute approximate surface area is 168 Å². The van der Waals surface area contributed by atoms with Gasteiger partial charge in [0.2, 0.25) is 0 Å². The molecule has 1 heterocycles. The van der Waals surface area contributed by atoms with Crippen LogP contribution in [-0.2, 0) is 4.79 Å². The molecule has 0 spiro atoms. The van der Waals surface area contributed by atoms with Crippen LogP contribution in [0.25, 0.3) is 6.08 Å². The van der Waals surface area contributed by atoms with Crippen LogP contribution in [0.4, 0.5) is 5.69 Å². The van der Waals surface area contributed by atoms with E-state index in [-0.39, 0.29) is 5.57 Å². The molecule has 0 unspecified atom stereocenters. The molecule has 150 valence electrons. The molecule has 0 aliphatic carbocycles. The van der Waals surface area contributed by atoms with E-state index in [0.717, 1.165) is 0 Å². The van der Waals surface area contributed by atoms with Gasteiger partial charge in [-0.05, 0) is 24.3 Å². The zero-order valence-electron chi connectivity index (χ0n) is 16.3. The highest BCUT2D eigenvalue weighted by Gasteiger charge is 2.16. The van der Waals surface area contributed by atoms with E-state index in [1.54, 1.807) is 30.3 Å². The van der Waals surface area contributed by atoms with Crippen molar-refractivity contribution in [2.45, 2.75) is 0 Å². The minimum absolute atomic E-state index is 0.106. The van der Waals surface area contributed by atoms with Crippen molar-refractivity contribution < 1.29 is 28.5 Å². The van der Waals surface area contributed by atoms with Crippen LogP contribution in [0.3, 0.4) is 0 Å². The third kappa shape index (κ3) is 4.35. The number of nitrogens with one attached hydrogen (secondary N) is 1. The fourth-order valence-corrected chi connectivity index (χ4v) is 2.79. The molecule has 0 atom stereocenters. The van der Waals surface area contributed by atoms with Crippen LogP contribution in [0.5, 0.6) is 28.7 Å². The highest BCUT2D eigenvalue weighted by molar-refractivity contribution is 6.10. The Hall–Kier alpha value is -3.86. The third-order valence-corrected chi connectivity index (χ3v) is 4.20. The van der Waals surface area contributed by atoms with Crippen molar-refractivity contribution in [2.75, 3.05) is 39.9 Å². The maximum absolute atomic E-state index is 12.6. The quantitative estimate of drug-likeness (QED) is 0.592. The summed E-state index contributed by atoms with van der Waals surface area (Å²) in [5.74, 6) is 1.94. The number of hydrogen-bond donors (Lipinski definition) is 1. The molecular weight excluding hydrogens is 376 g/mol. The summed E-state index contributed by atoms with van der Waals surface area (Å²) in [5.41, 5.74) is 0.879. The fraction of sp³-hybridized carbons (Fsp3) is 0.238. The number of nitriles is 1. The van der Waals surface area contributed by atoms with Gasteiger partial charge in [-0.3, -0.25) is 4.79 Å². The van der Waals surface area contributed by atoms with Crippen LogP contribution in [0.15, 0.2) is 35.9 Å². The molecule has 0 radical (unpaired) electrons. The number of carbonyl (C=O) groups is 1. The largest absolute Gasteiger partial charge is 0.496 e.